The van der Waals surface area contributed by atoms with Crippen LogP contribution >= 0.6 is 0 Å². The fourth-order valence-corrected chi connectivity index (χ4v) is 3.26. The van der Waals surface area contributed by atoms with Crippen LogP contribution in [-0.2, 0) is 6.54 Å². The van der Waals surface area contributed by atoms with Crippen LogP contribution in [0.1, 0.15) is 26.4 Å². The molecule has 2 aromatic carbocycles. The van der Waals surface area contributed by atoms with Gasteiger partial charge in [-0.25, -0.2) is 14.3 Å². The summed E-state index contributed by atoms with van der Waals surface area (Å²) < 4.78 is 12.3. The molecule has 0 saturated carbocycles. The van der Waals surface area contributed by atoms with Gasteiger partial charge in [0.25, 0.3) is 5.91 Å². The molecule has 0 aliphatic heterocycles. The summed E-state index contributed by atoms with van der Waals surface area (Å²) in [6, 6.07) is 15.2. The van der Waals surface area contributed by atoms with E-state index in [4.69, 9.17) is 14.6 Å². The molecule has 0 saturated heterocycles. The summed E-state index contributed by atoms with van der Waals surface area (Å²) in [7, 11) is 3.14. The Labute approximate surface area is 183 Å². The van der Waals surface area contributed by atoms with Gasteiger partial charge in [0.2, 0.25) is 0 Å². The number of nitrogens with one attached hydrogen (secondary N) is 1. The number of carbonyl (C=O) groups is 2. The highest BCUT2D eigenvalue weighted by molar-refractivity contribution is 5.93. The maximum Gasteiger partial charge on any atom is 0.335 e. The van der Waals surface area contributed by atoms with Crippen molar-refractivity contribution in [3.05, 3.63) is 77.6 Å². The summed E-state index contributed by atoms with van der Waals surface area (Å²) in [5, 5.41) is 16.2. The third-order valence-corrected chi connectivity index (χ3v) is 4.92. The number of carboxylic acids is 1. The minimum absolute atomic E-state index is 0.189. The molecule has 2 N–H and O–H groups in total. The number of amides is 1. The van der Waals surface area contributed by atoms with E-state index >= 15 is 0 Å². The van der Waals surface area contributed by atoms with E-state index < -0.39 is 5.97 Å². The number of rotatable bonds is 7. The Kier molecular flexibility index (Phi) is 5.71. The molecule has 2 heterocycles. The van der Waals surface area contributed by atoms with Crippen molar-refractivity contribution in [2.45, 2.75) is 6.54 Å². The number of benzene rings is 2. The number of methoxy groups -OCH3 is 2. The molecule has 9 nitrogen and oxygen atoms in total. The van der Waals surface area contributed by atoms with Crippen LogP contribution in [0.4, 0.5) is 0 Å². The second-order valence-electron chi connectivity index (χ2n) is 6.88. The Hall–Kier alpha value is -4.40. The smallest absolute Gasteiger partial charge is 0.335 e. The fourth-order valence-electron chi connectivity index (χ4n) is 3.26. The first-order valence-corrected chi connectivity index (χ1v) is 9.68. The van der Waals surface area contributed by atoms with Crippen LogP contribution in [0, 0.1) is 0 Å². The number of aromatic nitrogens is 3. The zero-order chi connectivity index (χ0) is 22.7. The van der Waals surface area contributed by atoms with Crippen LogP contribution in [-0.4, -0.2) is 45.8 Å². The van der Waals surface area contributed by atoms with Crippen molar-refractivity contribution in [2.24, 2.45) is 0 Å². The molecular weight excluding hydrogens is 412 g/mol. The monoisotopic (exact) mass is 432 g/mol. The molecule has 162 valence electrons. The van der Waals surface area contributed by atoms with Crippen LogP contribution in [0.2, 0.25) is 0 Å². The number of fused-ring (bicyclic) bond motifs is 1. The highest BCUT2D eigenvalue weighted by Crippen LogP contribution is 2.32. The van der Waals surface area contributed by atoms with Gasteiger partial charge in [0, 0.05) is 24.4 Å². The molecule has 9 heteroatoms. The molecule has 1 amide bonds. The average molecular weight is 432 g/mol. The Morgan fingerprint density at radius 1 is 1.00 bits per heavy atom. The van der Waals surface area contributed by atoms with Gasteiger partial charge in [-0.2, -0.15) is 5.10 Å². The van der Waals surface area contributed by atoms with Crippen molar-refractivity contribution in [1.82, 2.24) is 19.9 Å². The van der Waals surface area contributed by atoms with E-state index in [0.717, 1.165) is 16.8 Å². The molecule has 0 fully saturated rings. The predicted octanol–water partition coefficient (Wildman–Crippen LogP) is 3.04. The minimum Gasteiger partial charge on any atom is -0.493 e. The number of hydrogen-bond acceptors (Lipinski definition) is 6. The van der Waals surface area contributed by atoms with Gasteiger partial charge < -0.3 is 19.9 Å². The van der Waals surface area contributed by atoms with Gasteiger partial charge in [0.15, 0.2) is 22.8 Å². The first kappa shape index (κ1) is 20.9. The lowest BCUT2D eigenvalue weighted by atomic mass is 10.1. The minimum atomic E-state index is -0.997. The van der Waals surface area contributed by atoms with Crippen molar-refractivity contribution in [2.75, 3.05) is 14.2 Å². The van der Waals surface area contributed by atoms with Crippen LogP contribution in [0.5, 0.6) is 11.5 Å². The topological polar surface area (TPSA) is 115 Å². The van der Waals surface area contributed by atoms with Crippen LogP contribution in [0.3, 0.4) is 0 Å². The lowest BCUT2D eigenvalue weighted by Gasteiger charge is -2.10. The Bertz CT molecular complexity index is 1300. The van der Waals surface area contributed by atoms with E-state index in [-0.39, 0.29) is 23.7 Å². The zero-order valence-corrected chi connectivity index (χ0v) is 17.4. The largest absolute Gasteiger partial charge is 0.493 e. The molecule has 4 rings (SSSR count). The summed E-state index contributed by atoms with van der Waals surface area (Å²) in [5.41, 5.74) is 3.26. The standard InChI is InChI=1S/C23H20N4O5/c1-31-19-8-7-16(11-20(19)32-2)18-9-10-24-21-12-17(26-27(18)21)22(28)25-13-14-3-5-15(6-4-14)23(29)30/h3-12H,13H2,1-2H3,(H,25,28)(H,29,30). The Balaban J connectivity index is 1.57. The maximum atomic E-state index is 12.6. The van der Waals surface area contributed by atoms with Gasteiger partial charge in [0.1, 0.15) is 0 Å². The van der Waals surface area contributed by atoms with Crippen LogP contribution < -0.4 is 14.8 Å². The number of carboxylic acid groups (broad SMARTS) is 1. The van der Waals surface area contributed by atoms with Crippen molar-refractivity contribution in [1.29, 1.82) is 0 Å². The maximum absolute atomic E-state index is 12.6. The van der Waals surface area contributed by atoms with Gasteiger partial charge in [-0.3, -0.25) is 4.79 Å². The summed E-state index contributed by atoms with van der Waals surface area (Å²) >= 11 is 0. The van der Waals surface area contributed by atoms with E-state index in [1.807, 2.05) is 12.1 Å². The number of nitrogens with zero attached hydrogens (tertiary/aromatic N) is 3. The third kappa shape index (κ3) is 4.08. The van der Waals surface area contributed by atoms with Gasteiger partial charge >= 0.3 is 5.97 Å². The Morgan fingerprint density at radius 2 is 1.75 bits per heavy atom. The molecule has 0 spiro atoms. The normalized spacial score (nSPS) is 10.7. The molecule has 0 unspecified atom stereocenters. The molecule has 0 aliphatic carbocycles. The molecule has 0 aliphatic rings. The number of ether oxygens (including phenoxy) is 2. The molecular formula is C23H20N4O5. The third-order valence-electron chi connectivity index (χ3n) is 4.92. The van der Waals surface area contributed by atoms with E-state index in [2.05, 4.69) is 15.4 Å². The van der Waals surface area contributed by atoms with Gasteiger partial charge in [-0.15, -0.1) is 0 Å². The molecule has 0 atom stereocenters. The second-order valence-corrected chi connectivity index (χ2v) is 6.88. The van der Waals surface area contributed by atoms with Gasteiger partial charge in [0.05, 0.1) is 25.5 Å². The number of carbonyl (C=O) groups excluding carboxylic acids is 1. The summed E-state index contributed by atoms with van der Waals surface area (Å²) in [4.78, 5) is 27.9. The van der Waals surface area contributed by atoms with Crippen LogP contribution in [0.15, 0.2) is 60.8 Å². The van der Waals surface area contributed by atoms with Crippen molar-refractivity contribution >= 4 is 17.5 Å². The highest BCUT2D eigenvalue weighted by Gasteiger charge is 2.15. The highest BCUT2D eigenvalue weighted by atomic mass is 16.5. The van der Waals surface area contributed by atoms with E-state index in [1.54, 1.807) is 55.3 Å². The lowest BCUT2D eigenvalue weighted by molar-refractivity contribution is 0.0696. The molecule has 4 aromatic rings. The summed E-state index contributed by atoms with van der Waals surface area (Å²) in [6.45, 7) is 0.239. The first-order valence-electron chi connectivity index (χ1n) is 9.68. The predicted molar refractivity (Wildman–Crippen MR) is 116 cm³/mol. The molecule has 32 heavy (non-hydrogen) atoms. The van der Waals surface area contributed by atoms with Gasteiger partial charge in [-0.05, 0) is 42.0 Å². The Morgan fingerprint density at radius 3 is 2.44 bits per heavy atom. The quantitative estimate of drug-likeness (QED) is 0.461. The number of aromatic carboxylic acids is 1. The van der Waals surface area contributed by atoms with Crippen molar-refractivity contribution in [3.8, 4) is 22.8 Å². The van der Waals surface area contributed by atoms with Crippen LogP contribution in [0.25, 0.3) is 16.9 Å². The van der Waals surface area contributed by atoms with E-state index in [0.29, 0.717) is 17.1 Å². The summed E-state index contributed by atoms with van der Waals surface area (Å²) in [5.74, 6) is -0.174. The van der Waals surface area contributed by atoms with E-state index in [1.165, 1.54) is 12.1 Å². The lowest BCUT2D eigenvalue weighted by Crippen LogP contribution is -2.23. The van der Waals surface area contributed by atoms with Gasteiger partial charge in [-0.1, -0.05) is 12.1 Å². The second kappa shape index (κ2) is 8.76. The zero-order valence-electron chi connectivity index (χ0n) is 17.4. The average Bonchev–Trinajstić information content (AvgIpc) is 3.27. The first-order chi connectivity index (χ1) is 15.5. The molecule has 2 aromatic heterocycles. The van der Waals surface area contributed by atoms with Crippen molar-refractivity contribution in [3.63, 3.8) is 0 Å². The summed E-state index contributed by atoms with van der Waals surface area (Å²) in [6.07, 6.45) is 1.65. The van der Waals surface area contributed by atoms with E-state index in [9.17, 15) is 9.59 Å². The fraction of sp³-hybridized carbons (Fsp3) is 0.130. The van der Waals surface area contributed by atoms with Crippen molar-refractivity contribution < 1.29 is 24.2 Å². The molecule has 0 radical (unpaired) electrons. The number of hydrogen-bond donors (Lipinski definition) is 2. The SMILES string of the molecule is COc1ccc(-c2ccnc3cc(C(=O)NCc4ccc(C(=O)O)cc4)nn23)cc1OC. The molecule has 0 bridgehead atoms.